The van der Waals surface area contributed by atoms with E-state index < -0.39 is 0 Å². The summed E-state index contributed by atoms with van der Waals surface area (Å²) in [6.45, 7) is 5.63. The number of hydrogen-bond acceptors (Lipinski definition) is 2. The van der Waals surface area contributed by atoms with Gasteiger partial charge in [-0.15, -0.1) is 0 Å². The molecular weight excluding hydrogens is 210 g/mol. The van der Waals surface area contributed by atoms with Crippen molar-refractivity contribution in [1.82, 2.24) is 4.98 Å². The second kappa shape index (κ2) is 4.66. The molecule has 1 aromatic heterocycles. The molecule has 0 aliphatic heterocycles. The first kappa shape index (κ1) is 11.8. The molecule has 0 saturated carbocycles. The Hall–Kier alpha value is -1.70. The lowest BCUT2D eigenvalue weighted by atomic mass is 9.95. The molecule has 1 atom stereocenters. The summed E-state index contributed by atoms with van der Waals surface area (Å²) in [5, 5.41) is 1.16. The van der Waals surface area contributed by atoms with Crippen LogP contribution in [0.3, 0.4) is 0 Å². The monoisotopic (exact) mass is 227 g/mol. The van der Waals surface area contributed by atoms with Crippen LogP contribution in [-0.4, -0.2) is 10.8 Å². The summed E-state index contributed by atoms with van der Waals surface area (Å²) < 4.78 is 0. The van der Waals surface area contributed by atoms with E-state index in [2.05, 4.69) is 17.1 Å². The smallest absolute Gasteiger partial charge is 0.132 e. The van der Waals surface area contributed by atoms with Gasteiger partial charge in [0.15, 0.2) is 0 Å². The highest BCUT2D eigenvalue weighted by Crippen LogP contribution is 2.21. The number of benzene rings is 1. The molecule has 0 spiro atoms. The molecule has 0 fully saturated rings. The molecule has 17 heavy (non-hydrogen) atoms. The summed E-state index contributed by atoms with van der Waals surface area (Å²) in [7, 11) is 0. The first-order valence-electron chi connectivity index (χ1n) is 5.93. The fraction of sp³-hybridized carbons (Fsp3) is 0.333. The zero-order valence-corrected chi connectivity index (χ0v) is 10.5. The first-order valence-corrected chi connectivity index (χ1v) is 5.93. The van der Waals surface area contributed by atoms with E-state index in [1.807, 2.05) is 32.0 Å². The number of pyridine rings is 1. The summed E-state index contributed by atoms with van der Waals surface area (Å²) in [6, 6.07) is 10.2. The molecule has 1 aromatic carbocycles. The molecule has 88 valence electrons. The second-order valence-corrected chi connectivity index (χ2v) is 4.66. The average Bonchev–Trinajstić information content (AvgIpc) is 2.28. The van der Waals surface area contributed by atoms with Crippen LogP contribution in [0.4, 0.5) is 0 Å². The standard InChI is InChI=1S/C15H17NO/c1-10(12(3)17)8-13-9-11(2)16-15-7-5-4-6-14(13)15/h4-7,9-10H,8H2,1-3H3. The number of carbonyl (C=O) groups excluding carboxylic acids is 1. The largest absolute Gasteiger partial charge is 0.300 e. The SMILES string of the molecule is CC(=O)C(C)Cc1cc(C)nc2ccccc12. The minimum Gasteiger partial charge on any atom is -0.300 e. The molecule has 0 aliphatic rings. The van der Waals surface area contributed by atoms with Crippen molar-refractivity contribution in [3.8, 4) is 0 Å². The second-order valence-electron chi connectivity index (χ2n) is 4.66. The molecule has 2 nitrogen and oxygen atoms in total. The Balaban J connectivity index is 2.49. The lowest BCUT2D eigenvalue weighted by Crippen LogP contribution is -2.10. The Labute approximate surface area is 102 Å². The van der Waals surface area contributed by atoms with Gasteiger partial charge in [-0.3, -0.25) is 9.78 Å². The number of carbonyl (C=O) groups is 1. The van der Waals surface area contributed by atoms with Crippen LogP contribution >= 0.6 is 0 Å². The first-order chi connectivity index (χ1) is 8.08. The van der Waals surface area contributed by atoms with Crippen LogP contribution in [0.5, 0.6) is 0 Å². The summed E-state index contributed by atoms with van der Waals surface area (Å²) in [4.78, 5) is 15.9. The van der Waals surface area contributed by atoms with Gasteiger partial charge in [0, 0.05) is 17.0 Å². The highest BCUT2D eigenvalue weighted by Gasteiger charge is 2.11. The Morgan fingerprint density at radius 1 is 1.35 bits per heavy atom. The van der Waals surface area contributed by atoms with Crippen LogP contribution in [0.1, 0.15) is 25.1 Å². The highest BCUT2D eigenvalue weighted by molar-refractivity contribution is 5.84. The molecule has 0 radical (unpaired) electrons. The van der Waals surface area contributed by atoms with Crippen LogP contribution in [-0.2, 0) is 11.2 Å². The Morgan fingerprint density at radius 3 is 2.76 bits per heavy atom. The van der Waals surface area contributed by atoms with Gasteiger partial charge in [-0.2, -0.15) is 0 Å². The van der Waals surface area contributed by atoms with Crippen LogP contribution in [0.15, 0.2) is 30.3 Å². The third-order valence-corrected chi connectivity index (χ3v) is 3.15. The van der Waals surface area contributed by atoms with Crippen molar-refractivity contribution >= 4 is 16.7 Å². The van der Waals surface area contributed by atoms with Crippen LogP contribution < -0.4 is 0 Å². The predicted octanol–water partition coefficient (Wildman–Crippen LogP) is 3.31. The molecule has 0 N–H and O–H groups in total. The Morgan fingerprint density at radius 2 is 2.06 bits per heavy atom. The number of Topliss-reactive ketones (excluding diaryl/α,β-unsaturated/α-hetero) is 1. The Kier molecular flexibility index (Phi) is 3.23. The maximum absolute atomic E-state index is 11.4. The van der Waals surface area contributed by atoms with Gasteiger partial charge in [0.2, 0.25) is 0 Å². The maximum Gasteiger partial charge on any atom is 0.132 e. The van der Waals surface area contributed by atoms with Gasteiger partial charge in [0.1, 0.15) is 5.78 Å². The van der Waals surface area contributed by atoms with E-state index in [0.717, 1.165) is 23.0 Å². The fourth-order valence-electron chi connectivity index (χ4n) is 2.04. The van der Waals surface area contributed by atoms with Crippen molar-refractivity contribution in [1.29, 1.82) is 0 Å². The number of ketones is 1. The number of nitrogens with zero attached hydrogens (tertiary/aromatic N) is 1. The lowest BCUT2D eigenvalue weighted by Gasteiger charge is -2.11. The van der Waals surface area contributed by atoms with Crippen molar-refractivity contribution < 1.29 is 4.79 Å². The van der Waals surface area contributed by atoms with E-state index in [4.69, 9.17) is 0 Å². The van der Waals surface area contributed by atoms with Crippen molar-refractivity contribution in [3.05, 3.63) is 41.6 Å². The third kappa shape index (κ3) is 2.52. The highest BCUT2D eigenvalue weighted by atomic mass is 16.1. The molecule has 1 heterocycles. The van der Waals surface area contributed by atoms with E-state index in [0.29, 0.717) is 0 Å². The molecule has 0 amide bonds. The summed E-state index contributed by atoms with van der Waals surface area (Å²) >= 11 is 0. The number of aryl methyl sites for hydroxylation is 1. The van der Waals surface area contributed by atoms with E-state index >= 15 is 0 Å². The molecule has 2 heteroatoms. The molecule has 1 unspecified atom stereocenters. The van der Waals surface area contributed by atoms with Gasteiger partial charge in [0.25, 0.3) is 0 Å². The lowest BCUT2D eigenvalue weighted by molar-refractivity contribution is -0.120. The normalized spacial score (nSPS) is 12.6. The van der Waals surface area contributed by atoms with E-state index in [1.54, 1.807) is 6.92 Å². The minimum atomic E-state index is 0.0696. The van der Waals surface area contributed by atoms with E-state index in [1.165, 1.54) is 5.56 Å². The van der Waals surface area contributed by atoms with Crippen molar-refractivity contribution in [2.75, 3.05) is 0 Å². The number of rotatable bonds is 3. The van der Waals surface area contributed by atoms with Crippen LogP contribution in [0.25, 0.3) is 10.9 Å². The minimum absolute atomic E-state index is 0.0696. The molecule has 0 bridgehead atoms. The van der Waals surface area contributed by atoms with E-state index in [-0.39, 0.29) is 11.7 Å². The average molecular weight is 227 g/mol. The van der Waals surface area contributed by atoms with Crippen LogP contribution in [0.2, 0.25) is 0 Å². The van der Waals surface area contributed by atoms with Crippen LogP contribution in [0, 0.1) is 12.8 Å². The maximum atomic E-state index is 11.4. The van der Waals surface area contributed by atoms with Gasteiger partial charge in [-0.1, -0.05) is 25.1 Å². The van der Waals surface area contributed by atoms with Crippen molar-refractivity contribution in [2.24, 2.45) is 5.92 Å². The zero-order valence-electron chi connectivity index (χ0n) is 10.5. The topological polar surface area (TPSA) is 30.0 Å². The molecular formula is C15H17NO. The predicted molar refractivity (Wildman–Crippen MR) is 70.0 cm³/mol. The summed E-state index contributed by atoms with van der Waals surface area (Å²) in [5.41, 5.74) is 3.24. The molecule has 2 rings (SSSR count). The van der Waals surface area contributed by atoms with Gasteiger partial charge in [-0.25, -0.2) is 0 Å². The van der Waals surface area contributed by atoms with Gasteiger partial charge >= 0.3 is 0 Å². The Bertz CT molecular complexity index is 560. The van der Waals surface area contributed by atoms with Gasteiger partial charge in [0.05, 0.1) is 5.52 Å². The number of aromatic nitrogens is 1. The van der Waals surface area contributed by atoms with Gasteiger partial charge < -0.3 is 0 Å². The number of para-hydroxylation sites is 1. The fourth-order valence-corrected chi connectivity index (χ4v) is 2.04. The quantitative estimate of drug-likeness (QED) is 0.805. The van der Waals surface area contributed by atoms with Gasteiger partial charge in [-0.05, 0) is 38.0 Å². The zero-order chi connectivity index (χ0) is 12.4. The summed E-state index contributed by atoms with van der Waals surface area (Å²) in [5.74, 6) is 0.309. The number of hydrogen-bond donors (Lipinski definition) is 0. The van der Waals surface area contributed by atoms with E-state index in [9.17, 15) is 4.79 Å². The molecule has 0 aliphatic carbocycles. The summed E-state index contributed by atoms with van der Waals surface area (Å²) in [6.07, 6.45) is 0.791. The molecule has 0 saturated heterocycles. The third-order valence-electron chi connectivity index (χ3n) is 3.15. The van der Waals surface area contributed by atoms with Crippen molar-refractivity contribution in [3.63, 3.8) is 0 Å². The van der Waals surface area contributed by atoms with Crippen molar-refractivity contribution in [2.45, 2.75) is 27.2 Å². The number of fused-ring (bicyclic) bond motifs is 1. The molecule has 2 aromatic rings.